The van der Waals surface area contributed by atoms with Crippen molar-refractivity contribution in [3.63, 3.8) is 0 Å². The van der Waals surface area contributed by atoms with Crippen molar-refractivity contribution in [3.05, 3.63) is 63.9 Å². The lowest BCUT2D eigenvalue weighted by Crippen LogP contribution is -2.14. The molecule has 1 heterocycles. The third-order valence-corrected chi connectivity index (χ3v) is 4.00. The van der Waals surface area contributed by atoms with Crippen LogP contribution in [0.2, 0.25) is 10.0 Å². The zero-order valence-corrected chi connectivity index (χ0v) is 13.6. The van der Waals surface area contributed by atoms with E-state index in [4.69, 9.17) is 23.2 Å². The van der Waals surface area contributed by atoms with Crippen molar-refractivity contribution in [1.82, 2.24) is 9.55 Å². The molecule has 0 saturated carbocycles. The Morgan fingerprint density at radius 2 is 1.77 bits per heavy atom. The zero-order valence-electron chi connectivity index (χ0n) is 12.1. The van der Waals surface area contributed by atoms with Gasteiger partial charge in [0.05, 0.1) is 23.7 Å². The average Bonchev–Trinajstić information content (AvgIpc) is 2.78. The molecule has 3 aromatic rings. The summed E-state index contributed by atoms with van der Waals surface area (Å²) in [6, 6.07) is 13.4. The Morgan fingerprint density at radius 1 is 1.09 bits per heavy atom. The molecule has 0 amide bonds. The first-order valence-electron chi connectivity index (χ1n) is 7.10. The number of halogens is 2. The minimum atomic E-state index is -0.447. The second-order valence-electron chi connectivity index (χ2n) is 5.42. The lowest BCUT2D eigenvalue weighted by Gasteiger charge is -2.11. The van der Waals surface area contributed by atoms with E-state index in [0.29, 0.717) is 23.0 Å². The Hall–Kier alpha value is -1.55. The van der Waals surface area contributed by atoms with Gasteiger partial charge in [0.15, 0.2) is 0 Å². The maximum absolute atomic E-state index is 9.77. The first-order valence-corrected chi connectivity index (χ1v) is 7.85. The SMILES string of the molecule is CC(O)Cn1c(Cc2ccc(Cl)cc2)nc2cc(Cl)ccc21. The number of benzene rings is 2. The van der Waals surface area contributed by atoms with Gasteiger partial charge in [-0.1, -0.05) is 35.3 Å². The molecule has 0 aliphatic carbocycles. The molecule has 5 heteroatoms. The molecule has 3 nitrogen and oxygen atoms in total. The van der Waals surface area contributed by atoms with Crippen LogP contribution in [0.1, 0.15) is 18.3 Å². The summed E-state index contributed by atoms with van der Waals surface area (Å²) in [7, 11) is 0. The molecule has 0 bridgehead atoms. The third-order valence-electron chi connectivity index (χ3n) is 3.51. The number of aromatic nitrogens is 2. The molecule has 22 heavy (non-hydrogen) atoms. The molecule has 0 spiro atoms. The second-order valence-corrected chi connectivity index (χ2v) is 6.30. The van der Waals surface area contributed by atoms with Gasteiger partial charge in [0.2, 0.25) is 0 Å². The maximum atomic E-state index is 9.77. The van der Waals surface area contributed by atoms with E-state index in [-0.39, 0.29) is 0 Å². The summed E-state index contributed by atoms with van der Waals surface area (Å²) < 4.78 is 2.05. The number of hydrogen-bond donors (Lipinski definition) is 1. The number of aliphatic hydroxyl groups is 1. The fourth-order valence-corrected chi connectivity index (χ4v) is 2.83. The van der Waals surface area contributed by atoms with E-state index in [1.165, 1.54) is 0 Å². The van der Waals surface area contributed by atoms with Gasteiger partial charge in [-0.3, -0.25) is 0 Å². The number of imidazole rings is 1. The fourth-order valence-electron chi connectivity index (χ4n) is 2.54. The summed E-state index contributed by atoms with van der Waals surface area (Å²) in [6.07, 6.45) is 0.230. The molecule has 0 aliphatic rings. The number of fused-ring (bicyclic) bond motifs is 1. The standard InChI is InChI=1S/C17H16Cl2N2O/c1-11(22)10-21-16-7-6-14(19)9-15(16)20-17(21)8-12-2-4-13(18)5-3-12/h2-7,9,11,22H,8,10H2,1H3. The van der Waals surface area contributed by atoms with Crippen molar-refractivity contribution in [2.24, 2.45) is 0 Å². The van der Waals surface area contributed by atoms with Gasteiger partial charge in [-0.05, 0) is 42.8 Å². The van der Waals surface area contributed by atoms with Crippen LogP contribution in [-0.2, 0) is 13.0 Å². The molecule has 1 unspecified atom stereocenters. The van der Waals surface area contributed by atoms with Crippen LogP contribution >= 0.6 is 23.2 Å². The van der Waals surface area contributed by atoms with Gasteiger partial charge in [-0.15, -0.1) is 0 Å². The first kappa shape index (κ1) is 15.3. The van der Waals surface area contributed by atoms with Crippen molar-refractivity contribution in [2.75, 3.05) is 0 Å². The highest BCUT2D eigenvalue weighted by Crippen LogP contribution is 2.23. The Balaban J connectivity index is 2.04. The molecule has 0 saturated heterocycles. The Morgan fingerprint density at radius 3 is 2.45 bits per heavy atom. The van der Waals surface area contributed by atoms with Gasteiger partial charge in [-0.2, -0.15) is 0 Å². The van der Waals surface area contributed by atoms with Crippen LogP contribution in [0.4, 0.5) is 0 Å². The summed E-state index contributed by atoms with van der Waals surface area (Å²) in [6.45, 7) is 2.27. The molecular weight excluding hydrogens is 319 g/mol. The van der Waals surface area contributed by atoms with Crippen LogP contribution < -0.4 is 0 Å². The van der Waals surface area contributed by atoms with Crippen LogP contribution in [0.25, 0.3) is 11.0 Å². The monoisotopic (exact) mass is 334 g/mol. The highest BCUT2D eigenvalue weighted by Gasteiger charge is 2.13. The van der Waals surface area contributed by atoms with Crippen LogP contribution in [0.5, 0.6) is 0 Å². The minimum absolute atomic E-state index is 0.447. The van der Waals surface area contributed by atoms with E-state index in [1.54, 1.807) is 6.92 Å². The summed E-state index contributed by atoms with van der Waals surface area (Å²) in [5, 5.41) is 11.1. The molecule has 0 fully saturated rings. The van der Waals surface area contributed by atoms with Crippen molar-refractivity contribution >= 4 is 34.2 Å². The molecule has 114 valence electrons. The van der Waals surface area contributed by atoms with E-state index >= 15 is 0 Å². The van der Waals surface area contributed by atoms with Gasteiger partial charge in [0.25, 0.3) is 0 Å². The first-order chi connectivity index (χ1) is 10.5. The van der Waals surface area contributed by atoms with Crippen molar-refractivity contribution < 1.29 is 5.11 Å². The van der Waals surface area contributed by atoms with Crippen molar-refractivity contribution in [1.29, 1.82) is 0 Å². The fraction of sp³-hybridized carbons (Fsp3) is 0.235. The van der Waals surface area contributed by atoms with E-state index in [0.717, 1.165) is 22.4 Å². The van der Waals surface area contributed by atoms with Gasteiger partial charge < -0.3 is 9.67 Å². The number of aliphatic hydroxyl groups excluding tert-OH is 1. The predicted molar refractivity (Wildman–Crippen MR) is 90.7 cm³/mol. The quantitative estimate of drug-likeness (QED) is 0.771. The summed E-state index contributed by atoms with van der Waals surface area (Å²) in [4.78, 5) is 4.68. The Kier molecular flexibility index (Phi) is 4.39. The van der Waals surface area contributed by atoms with E-state index in [1.807, 2.05) is 47.0 Å². The number of rotatable bonds is 4. The Bertz CT molecular complexity index is 794. The van der Waals surface area contributed by atoms with E-state index < -0.39 is 6.10 Å². The van der Waals surface area contributed by atoms with E-state index in [9.17, 15) is 5.11 Å². The highest BCUT2D eigenvalue weighted by atomic mass is 35.5. The van der Waals surface area contributed by atoms with Crippen LogP contribution in [-0.4, -0.2) is 20.8 Å². The predicted octanol–water partition coefficient (Wildman–Crippen LogP) is 4.31. The average molecular weight is 335 g/mol. The second kappa shape index (κ2) is 6.29. The molecule has 3 rings (SSSR count). The lowest BCUT2D eigenvalue weighted by molar-refractivity contribution is 0.174. The normalized spacial score (nSPS) is 12.7. The Labute approximate surface area is 139 Å². The van der Waals surface area contributed by atoms with Gasteiger partial charge >= 0.3 is 0 Å². The van der Waals surface area contributed by atoms with E-state index in [2.05, 4.69) is 4.98 Å². The van der Waals surface area contributed by atoms with Crippen LogP contribution in [0.3, 0.4) is 0 Å². The number of nitrogens with zero attached hydrogens (tertiary/aromatic N) is 2. The minimum Gasteiger partial charge on any atom is -0.392 e. The molecule has 1 aromatic heterocycles. The highest BCUT2D eigenvalue weighted by molar-refractivity contribution is 6.31. The smallest absolute Gasteiger partial charge is 0.114 e. The summed E-state index contributed by atoms with van der Waals surface area (Å²) in [5.74, 6) is 0.903. The molecular formula is C17H16Cl2N2O. The summed E-state index contributed by atoms with van der Waals surface area (Å²) in [5.41, 5.74) is 2.95. The van der Waals surface area contributed by atoms with Gasteiger partial charge in [0, 0.05) is 16.5 Å². The van der Waals surface area contributed by atoms with Crippen LogP contribution in [0, 0.1) is 0 Å². The van der Waals surface area contributed by atoms with Gasteiger partial charge in [0.1, 0.15) is 5.82 Å². The third kappa shape index (κ3) is 3.27. The molecule has 0 aliphatic heterocycles. The van der Waals surface area contributed by atoms with Crippen molar-refractivity contribution in [3.8, 4) is 0 Å². The summed E-state index contributed by atoms with van der Waals surface area (Å²) >= 11 is 12.0. The molecule has 1 N–H and O–H groups in total. The molecule has 1 atom stereocenters. The molecule has 0 radical (unpaired) electrons. The van der Waals surface area contributed by atoms with Crippen LogP contribution in [0.15, 0.2) is 42.5 Å². The zero-order chi connectivity index (χ0) is 15.7. The lowest BCUT2D eigenvalue weighted by atomic mass is 10.1. The molecule has 2 aromatic carbocycles. The largest absolute Gasteiger partial charge is 0.392 e. The van der Waals surface area contributed by atoms with Crippen molar-refractivity contribution in [2.45, 2.75) is 26.0 Å². The topological polar surface area (TPSA) is 38.0 Å². The van der Waals surface area contributed by atoms with Gasteiger partial charge in [-0.25, -0.2) is 4.98 Å². The maximum Gasteiger partial charge on any atom is 0.114 e. The number of hydrogen-bond acceptors (Lipinski definition) is 2.